The van der Waals surface area contributed by atoms with Gasteiger partial charge in [-0.2, -0.15) is 0 Å². The average molecular weight is 365 g/mol. The minimum absolute atomic E-state index is 0.109. The van der Waals surface area contributed by atoms with E-state index in [1.165, 1.54) is 0 Å². The van der Waals surface area contributed by atoms with Crippen molar-refractivity contribution >= 4 is 20.6 Å². The Labute approximate surface area is 152 Å². The zero-order chi connectivity index (χ0) is 17.7. The number of piperidine rings is 1. The van der Waals surface area contributed by atoms with Gasteiger partial charge < -0.3 is 10.1 Å². The van der Waals surface area contributed by atoms with Gasteiger partial charge in [-0.15, -0.1) is 0 Å². The molecule has 3 aromatic carbocycles. The molecule has 1 N–H and O–H groups in total. The summed E-state index contributed by atoms with van der Waals surface area (Å²) in [5.74, 6) is 1.10. The molecule has 26 heavy (non-hydrogen) atoms. The van der Waals surface area contributed by atoms with Gasteiger partial charge in [0.05, 0.1) is 9.79 Å². The highest BCUT2D eigenvalue weighted by Gasteiger charge is 2.37. The minimum Gasteiger partial charge on any atom is -0.488 e. The zero-order valence-electron chi connectivity index (χ0n) is 14.2. The monoisotopic (exact) mass is 365 g/mol. The molecule has 5 heteroatoms. The summed E-state index contributed by atoms with van der Waals surface area (Å²) in [6.07, 6.45) is 1.08. The maximum atomic E-state index is 13.2. The number of hydrogen-bond acceptors (Lipinski definition) is 4. The molecule has 0 amide bonds. The van der Waals surface area contributed by atoms with Crippen LogP contribution in [0.25, 0.3) is 10.8 Å². The van der Waals surface area contributed by atoms with Crippen LogP contribution in [0.4, 0.5) is 0 Å². The van der Waals surface area contributed by atoms with E-state index in [0.717, 1.165) is 41.6 Å². The number of sulfone groups is 1. The van der Waals surface area contributed by atoms with Crippen molar-refractivity contribution in [3.05, 3.63) is 66.2 Å². The van der Waals surface area contributed by atoms with Crippen LogP contribution in [0.2, 0.25) is 0 Å². The van der Waals surface area contributed by atoms with Crippen molar-refractivity contribution in [1.82, 2.24) is 5.32 Å². The maximum absolute atomic E-state index is 13.2. The van der Waals surface area contributed by atoms with Gasteiger partial charge in [-0.1, -0.05) is 30.3 Å². The van der Waals surface area contributed by atoms with Crippen LogP contribution >= 0.6 is 0 Å². The first-order valence-electron chi connectivity index (χ1n) is 8.88. The molecule has 1 fully saturated rings. The van der Waals surface area contributed by atoms with Gasteiger partial charge in [0.2, 0.25) is 9.84 Å². The van der Waals surface area contributed by atoms with Crippen molar-refractivity contribution in [2.45, 2.75) is 28.2 Å². The van der Waals surface area contributed by atoms with E-state index in [1.54, 1.807) is 18.2 Å². The predicted molar refractivity (Wildman–Crippen MR) is 100 cm³/mol. The zero-order valence-corrected chi connectivity index (χ0v) is 15.0. The normalized spacial score (nSPS) is 21.8. The Balaban J connectivity index is 1.58. The number of ether oxygens (including phenoxy) is 1. The van der Waals surface area contributed by atoms with Crippen molar-refractivity contribution in [1.29, 1.82) is 0 Å². The summed E-state index contributed by atoms with van der Waals surface area (Å²) in [4.78, 5) is 0.672. The standard InChI is InChI=1S/C21H19NO3S/c23-26(24,16-6-5-14-3-1-2-4-15(14)11-16)17-7-8-20-19(12-17)18-9-10-22-13-21(18)25-20/h1-8,11-12,18,21-22H,9-10,13H2. The SMILES string of the molecule is O=S(=O)(c1ccc2c(c1)C1CCNCC1O2)c1ccc2ccccc2c1. The third-order valence-electron chi connectivity index (χ3n) is 5.43. The minimum atomic E-state index is -3.56. The highest BCUT2D eigenvalue weighted by Crippen LogP contribution is 2.42. The molecule has 2 heterocycles. The highest BCUT2D eigenvalue weighted by molar-refractivity contribution is 7.91. The topological polar surface area (TPSA) is 55.4 Å². The number of fused-ring (bicyclic) bond motifs is 4. The van der Waals surface area contributed by atoms with E-state index in [4.69, 9.17) is 4.74 Å². The lowest BCUT2D eigenvalue weighted by atomic mass is 9.90. The van der Waals surface area contributed by atoms with E-state index in [1.807, 2.05) is 42.5 Å². The third-order valence-corrected chi connectivity index (χ3v) is 7.18. The van der Waals surface area contributed by atoms with Gasteiger partial charge in [0.25, 0.3) is 0 Å². The van der Waals surface area contributed by atoms with E-state index in [0.29, 0.717) is 9.79 Å². The van der Waals surface area contributed by atoms with E-state index in [2.05, 4.69) is 5.32 Å². The van der Waals surface area contributed by atoms with Gasteiger partial charge in [-0.05, 0) is 54.1 Å². The molecule has 5 rings (SSSR count). The second-order valence-corrected chi connectivity index (χ2v) is 8.92. The molecule has 0 aliphatic carbocycles. The molecular weight excluding hydrogens is 346 g/mol. The van der Waals surface area contributed by atoms with Crippen LogP contribution in [-0.4, -0.2) is 27.6 Å². The fourth-order valence-electron chi connectivity index (χ4n) is 4.03. The Kier molecular flexibility index (Phi) is 3.55. The quantitative estimate of drug-likeness (QED) is 0.755. The van der Waals surface area contributed by atoms with E-state index < -0.39 is 9.84 Å². The first-order valence-corrected chi connectivity index (χ1v) is 10.4. The lowest BCUT2D eigenvalue weighted by molar-refractivity contribution is 0.177. The molecule has 0 bridgehead atoms. The van der Waals surface area contributed by atoms with E-state index >= 15 is 0 Å². The van der Waals surface area contributed by atoms with Crippen LogP contribution in [0.15, 0.2) is 70.5 Å². The maximum Gasteiger partial charge on any atom is 0.206 e. The molecule has 2 unspecified atom stereocenters. The predicted octanol–water partition coefficient (Wildman–Crippen LogP) is 3.51. The molecule has 2 aliphatic rings. The molecule has 3 aromatic rings. The van der Waals surface area contributed by atoms with Crippen molar-refractivity contribution < 1.29 is 13.2 Å². The second-order valence-electron chi connectivity index (χ2n) is 6.97. The summed E-state index contributed by atoms with van der Waals surface area (Å²) in [7, 11) is -3.56. The molecule has 0 radical (unpaired) electrons. The van der Waals surface area contributed by atoms with Gasteiger partial charge in [0, 0.05) is 18.0 Å². The van der Waals surface area contributed by atoms with Crippen molar-refractivity contribution in [3.8, 4) is 5.75 Å². The Morgan fingerprint density at radius 2 is 1.69 bits per heavy atom. The van der Waals surface area contributed by atoms with Crippen LogP contribution in [0.5, 0.6) is 5.75 Å². The van der Waals surface area contributed by atoms with Gasteiger partial charge in [0.15, 0.2) is 0 Å². The van der Waals surface area contributed by atoms with Crippen molar-refractivity contribution in [2.75, 3.05) is 13.1 Å². The lowest BCUT2D eigenvalue weighted by Crippen LogP contribution is -2.39. The second kappa shape index (κ2) is 5.83. The van der Waals surface area contributed by atoms with Crippen LogP contribution < -0.4 is 10.1 Å². The summed E-state index contributed by atoms with van der Waals surface area (Å²) in [5.41, 5.74) is 1.03. The molecule has 2 aliphatic heterocycles. The Morgan fingerprint density at radius 3 is 2.58 bits per heavy atom. The summed E-state index contributed by atoms with van der Waals surface area (Å²) >= 11 is 0. The van der Waals surface area contributed by atoms with Crippen molar-refractivity contribution in [3.63, 3.8) is 0 Å². The third kappa shape index (κ3) is 2.42. The largest absolute Gasteiger partial charge is 0.488 e. The number of rotatable bonds is 2. The van der Waals surface area contributed by atoms with Gasteiger partial charge in [-0.25, -0.2) is 8.42 Å². The number of hydrogen-bond donors (Lipinski definition) is 1. The van der Waals surface area contributed by atoms with Crippen LogP contribution in [0.3, 0.4) is 0 Å². The highest BCUT2D eigenvalue weighted by atomic mass is 32.2. The lowest BCUT2D eigenvalue weighted by Gasteiger charge is -2.24. The molecular formula is C21H19NO3S. The Hall–Kier alpha value is -2.37. The Bertz CT molecular complexity index is 1110. The summed E-state index contributed by atoms with van der Waals surface area (Å²) in [6.45, 7) is 1.75. The first kappa shape index (κ1) is 15.9. The van der Waals surface area contributed by atoms with Crippen LogP contribution in [0.1, 0.15) is 17.9 Å². The van der Waals surface area contributed by atoms with Crippen LogP contribution in [-0.2, 0) is 9.84 Å². The smallest absolute Gasteiger partial charge is 0.206 e. The average Bonchev–Trinajstić information content (AvgIpc) is 3.05. The fourth-order valence-corrected chi connectivity index (χ4v) is 5.36. The molecule has 0 spiro atoms. The van der Waals surface area contributed by atoms with Gasteiger partial charge in [0.1, 0.15) is 11.9 Å². The Morgan fingerprint density at radius 1 is 0.923 bits per heavy atom. The van der Waals surface area contributed by atoms with E-state index in [9.17, 15) is 8.42 Å². The number of benzene rings is 3. The first-order chi connectivity index (χ1) is 12.6. The molecule has 0 aromatic heterocycles. The summed E-state index contributed by atoms with van der Waals surface area (Å²) in [6, 6.07) is 18.4. The fraction of sp³-hybridized carbons (Fsp3) is 0.238. The van der Waals surface area contributed by atoms with Crippen molar-refractivity contribution in [2.24, 2.45) is 0 Å². The summed E-state index contributed by atoms with van der Waals surface area (Å²) < 4.78 is 32.4. The van der Waals surface area contributed by atoms with Gasteiger partial charge >= 0.3 is 0 Å². The summed E-state index contributed by atoms with van der Waals surface area (Å²) in [5, 5.41) is 5.30. The van der Waals surface area contributed by atoms with E-state index in [-0.39, 0.29) is 12.0 Å². The molecule has 1 saturated heterocycles. The molecule has 132 valence electrons. The number of nitrogens with one attached hydrogen (secondary N) is 1. The van der Waals surface area contributed by atoms with Gasteiger partial charge in [-0.3, -0.25) is 0 Å². The molecule has 2 atom stereocenters. The molecule has 0 saturated carbocycles. The van der Waals surface area contributed by atoms with Crippen LogP contribution in [0, 0.1) is 0 Å². The molecule has 4 nitrogen and oxygen atoms in total.